The number of nitrogens with one attached hydrogen (secondary N) is 1. The Kier molecular flexibility index (Phi) is 4.71. The van der Waals surface area contributed by atoms with Crippen LogP contribution in [0.3, 0.4) is 0 Å². The molecule has 24 heavy (non-hydrogen) atoms. The molecule has 1 unspecified atom stereocenters. The number of carbonyl (C=O) groups excluding carboxylic acids is 1. The van der Waals surface area contributed by atoms with Crippen molar-refractivity contribution in [3.63, 3.8) is 0 Å². The summed E-state index contributed by atoms with van der Waals surface area (Å²) in [5.74, 6) is -0.126. The van der Waals surface area contributed by atoms with Crippen LogP contribution in [0.15, 0.2) is 17.6 Å². The minimum Gasteiger partial charge on any atom is -0.337 e. The number of rotatable bonds is 4. The van der Waals surface area contributed by atoms with E-state index in [-0.39, 0.29) is 11.2 Å². The molecule has 1 aliphatic rings. The maximum Gasteiger partial charge on any atom is 0.234 e. The molecule has 2 heterocycles. The third-order valence-electron chi connectivity index (χ3n) is 4.43. The first-order valence-electron chi connectivity index (χ1n) is 8.07. The van der Waals surface area contributed by atoms with E-state index in [0.717, 1.165) is 48.2 Å². The lowest BCUT2D eigenvalue weighted by Gasteiger charge is -2.32. The molecule has 1 amide bonds. The fraction of sp³-hybridized carbons (Fsp3) is 0.562. The average molecular weight is 344 g/mol. The lowest BCUT2D eigenvalue weighted by atomic mass is 9.83. The molecule has 1 atom stereocenters. The van der Waals surface area contributed by atoms with Crippen molar-refractivity contribution in [2.24, 2.45) is 7.05 Å². The number of aryl methyl sites for hydroxylation is 1. The molecule has 0 saturated heterocycles. The molecule has 1 fully saturated rings. The molecule has 7 nitrogen and oxygen atoms in total. The Morgan fingerprint density at radius 1 is 1.42 bits per heavy atom. The summed E-state index contributed by atoms with van der Waals surface area (Å²) in [6.45, 7) is 1.83. The summed E-state index contributed by atoms with van der Waals surface area (Å²) in [5, 5.41) is 17.9. The normalized spacial score (nSPS) is 18.0. The lowest BCUT2D eigenvalue weighted by molar-refractivity contribution is -0.121. The highest BCUT2D eigenvalue weighted by molar-refractivity contribution is 8.00. The fourth-order valence-electron chi connectivity index (χ4n) is 3.01. The van der Waals surface area contributed by atoms with Gasteiger partial charge in [-0.25, -0.2) is 9.97 Å². The molecule has 0 aromatic carbocycles. The Bertz CT molecular complexity index is 789. The van der Waals surface area contributed by atoms with Crippen LogP contribution in [0, 0.1) is 11.3 Å². The van der Waals surface area contributed by atoms with Crippen LogP contribution in [0.5, 0.6) is 0 Å². The van der Waals surface area contributed by atoms with Gasteiger partial charge in [-0.1, -0.05) is 31.0 Å². The van der Waals surface area contributed by atoms with Crippen LogP contribution in [0.1, 0.15) is 39.0 Å². The van der Waals surface area contributed by atoms with Gasteiger partial charge in [-0.2, -0.15) is 10.4 Å². The third-order valence-corrected chi connectivity index (χ3v) is 5.55. The van der Waals surface area contributed by atoms with Crippen LogP contribution in [-0.2, 0) is 11.8 Å². The Hall–Kier alpha value is -2.14. The smallest absolute Gasteiger partial charge is 0.234 e. The van der Waals surface area contributed by atoms with Crippen molar-refractivity contribution in [3.8, 4) is 6.07 Å². The first-order valence-corrected chi connectivity index (χ1v) is 8.95. The van der Waals surface area contributed by atoms with E-state index in [9.17, 15) is 10.1 Å². The van der Waals surface area contributed by atoms with Gasteiger partial charge in [-0.15, -0.1) is 0 Å². The Labute approximate surface area is 144 Å². The van der Waals surface area contributed by atoms with E-state index in [1.807, 2.05) is 14.0 Å². The maximum absolute atomic E-state index is 12.6. The second-order valence-electron chi connectivity index (χ2n) is 6.19. The quantitative estimate of drug-likeness (QED) is 0.674. The second kappa shape index (κ2) is 6.77. The molecule has 2 aromatic heterocycles. The summed E-state index contributed by atoms with van der Waals surface area (Å²) < 4.78 is 1.68. The number of amides is 1. The van der Waals surface area contributed by atoms with Crippen molar-refractivity contribution in [2.75, 3.05) is 0 Å². The van der Waals surface area contributed by atoms with Crippen molar-refractivity contribution >= 4 is 28.7 Å². The van der Waals surface area contributed by atoms with Gasteiger partial charge in [0.05, 0.1) is 22.9 Å². The molecule has 2 aromatic rings. The maximum atomic E-state index is 12.6. The molecule has 0 aliphatic heterocycles. The van der Waals surface area contributed by atoms with Gasteiger partial charge in [0.15, 0.2) is 5.65 Å². The van der Waals surface area contributed by atoms with Gasteiger partial charge in [0.25, 0.3) is 0 Å². The minimum absolute atomic E-state index is 0.126. The molecule has 3 rings (SSSR count). The van der Waals surface area contributed by atoms with Gasteiger partial charge in [-0.3, -0.25) is 9.48 Å². The van der Waals surface area contributed by atoms with Crippen LogP contribution in [-0.4, -0.2) is 36.4 Å². The van der Waals surface area contributed by atoms with Gasteiger partial charge in [0.1, 0.15) is 16.9 Å². The Morgan fingerprint density at radius 3 is 2.88 bits per heavy atom. The Morgan fingerprint density at radius 2 is 2.17 bits per heavy atom. The van der Waals surface area contributed by atoms with Crippen LogP contribution < -0.4 is 5.32 Å². The number of fused-ring (bicyclic) bond motifs is 1. The Balaban J connectivity index is 1.73. The van der Waals surface area contributed by atoms with E-state index in [4.69, 9.17) is 0 Å². The van der Waals surface area contributed by atoms with Crippen LogP contribution in [0.2, 0.25) is 0 Å². The van der Waals surface area contributed by atoms with Gasteiger partial charge in [0.2, 0.25) is 5.91 Å². The highest BCUT2D eigenvalue weighted by Crippen LogP contribution is 2.30. The SMILES string of the molecule is CC(Sc1ncnc2c1cnn2C)C(=O)NC1(C#N)CCCCC1. The molecule has 1 saturated carbocycles. The number of hydrogen-bond acceptors (Lipinski definition) is 6. The number of aromatic nitrogens is 4. The fourth-order valence-corrected chi connectivity index (χ4v) is 3.89. The topological polar surface area (TPSA) is 96.5 Å². The first kappa shape index (κ1) is 16.7. The number of carbonyl (C=O) groups is 1. The zero-order valence-electron chi connectivity index (χ0n) is 13.8. The second-order valence-corrected chi connectivity index (χ2v) is 7.52. The molecule has 0 spiro atoms. The lowest BCUT2D eigenvalue weighted by Crippen LogP contribution is -2.50. The van der Waals surface area contributed by atoms with Gasteiger partial charge in [0, 0.05) is 7.05 Å². The largest absolute Gasteiger partial charge is 0.337 e. The number of nitriles is 1. The third kappa shape index (κ3) is 3.22. The van der Waals surface area contributed by atoms with E-state index in [2.05, 4.69) is 26.5 Å². The summed E-state index contributed by atoms with van der Waals surface area (Å²) in [5.41, 5.74) is 0.0280. The van der Waals surface area contributed by atoms with Crippen molar-refractivity contribution < 1.29 is 4.79 Å². The van der Waals surface area contributed by atoms with E-state index in [1.165, 1.54) is 18.1 Å². The number of nitrogens with zero attached hydrogens (tertiary/aromatic N) is 5. The zero-order chi connectivity index (χ0) is 17.2. The predicted molar refractivity (Wildman–Crippen MR) is 91.2 cm³/mol. The summed E-state index contributed by atoms with van der Waals surface area (Å²) in [6.07, 6.45) is 7.74. The van der Waals surface area contributed by atoms with E-state index < -0.39 is 5.54 Å². The van der Waals surface area contributed by atoms with Crippen LogP contribution in [0.4, 0.5) is 0 Å². The van der Waals surface area contributed by atoms with Crippen molar-refractivity contribution in [1.82, 2.24) is 25.1 Å². The highest BCUT2D eigenvalue weighted by atomic mass is 32.2. The molecule has 8 heteroatoms. The molecular weight excluding hydrogens is 324 g/mol. The molecule has 1 aliphatic carbocycles. The van der Waals surface area contributed by atoms with Crippen molar-refractivity contribution in [2.45, 2.75) is 54.8 Å². The highest BCUT2D eigenvalue weighted by Gasteiger charge is 2.35. The van der Waals surface area contributed by atoms with Gasteiger partial charge in [-0.05, 0) is 19.8 Å². The molecular formula is C16H20N6OS. The number of thioether (sulfide) groups is 1. The molecule has 0 bridgehead atoms. The predicted octanol–water partition coefficient (Wildman–Crippen LogP) is 2.19. The summed E-state index contributed by atoms with van der Waals surface area (Å²) in [6, 6.07) is 2.32. The van der Waals surface area contributed by atoms with E-state index >= 15 is 0 Å². The standard InChI is InChI=1S/C16H20N6OS/c1-11(14(23)21-16(9-17)6-4-3-5-7-16)24-15-12-8-20-22(2)13(12)18-10-19-15/h8,10-11H,3-7H2,1-2H3,(H,21,23). The van der Waals surface area contributed by atoms with Crippen molar-refractivity contribution in [3.05, 3.63) is 12.5 Å². The molecule has 1 N–H and O–H groups in total. The zero-order valence-corrected chi connectivity index (χ0v) is 14.6. The minimum atomic E-state index is -0.709. The van der Waals surface area contributed by atoms with E-state index in [0.29, 0.717) is 0 Å². The van der Waals surface area contributed by atoms with Gasteiger partial charge >= 0.3 is 0 Å². The molecule has 0 radical (unpaired) electrons. The van der Waals surface area contributed by atoms with Crippen LogP contribution in [0.25, 0.3) is 11.0 Å². The average Bonchev–Trinajstić information content (AvgIpc) is 2.98. The van der Waals surface area contributed by atoms with E-state index in [1.54, 1.807) is 10.9 Å². The summed E-state index contributed by atoms with van der Waals surface area (Å²) in [7, 11) is 1.82. The monoisotopic (exact) mass is 344 g/mol. The van der Waals surface area contributed by atoms with Crippen LogP contribution >= 0.6 is 11.8 Å². The van der Waals surface area contributed by atoms with Crippen molar-refractivity contribution in [1.29, 1.82) is 5.26 Å². The summed E-state index contributed by atoms with van der Waals surface area (Å²) in [4.78, 5) is 21.1. The summed E-state index contributed by atoms with van der Waals surface area (Å²) >= 11 is 1.37. The molecule has 126 valence electrons. The van der Waals surface area contributed by atoms with Gasteiger partial charge < -0.3 is 5.32 Å². The number of hydrogen-bond donors (Lipinski definition) is 1. The first-order chi connectivity index (χ1) is 11.5.